The van der Waals surface area contributed by atoms with Crippen LogP contribution in [0.3, 0.4) is 0 Å². The third-order valence-electron chi connectivity index (χ3n) is 2.42. The highest BCUT2D eigenvalue weighted by atomic mass is 32.1. The molecule has 1 aromatic heterocycles. The van der Waals surface area contributed by atoms with Gasteiger partial charge in [-0.15, -0.1) is 10.2 Å². The van der Waals surface area contributed by atoms with Crippen molar-refractivity contribution in [2.75, 3.05) is 12.8 Å². The zero-order valence-electron chi connectivity index (χ0n) is 10.3. The predicted molar refractivity (Wildman–Crippen MR) is 71.0 cm³/mol. The van der Waals surface area contributed by atoms with Crippen molar-refractivity contribution in [1.29, 1.82) is 0 Å². The fourth-order valence-corrected chi connectivity index (χ4v) is 2.25. The Hall–Kier alpha value is -1.82. The molecule has 2 aromatic rings. The molecule has 0 aliphatic rings. The Kier molecular flexibility index (Phi) is 3.99. The first-order valence-electron chi connectivity index (χ1n) is 5.62. The maximum atomic E-state index is 5.88. The second-order valence-corrected chi connectivity index (χ2v) is 4.71. The molecular formula is C12H15N3O2S. The summed E-state index contributed by atoms with van der Waals surface area (Å²) in [5.41, 5.74) is 5.58. The molecule has 2 N–H and O–H groups in total. The van der Waals surface area contributed by atoms with Gasteiger partial charge in [0.25, 0.3) is 0 Å². The van der Waals surface area contributed by atoms with E-state index >= 15 is 0 Å². The zero-order chi connectivity index (χ0) is 13.0. The second kappa shape index (κ2) is 5.68. The average molecular weight is 265 g/mol. The van der Waals surface area contributed by atoms with Crippen LogP contribution in [0.4, 0.5) is 5.13 Å². The number of rotatable bonds is 5. The molecule has 0 saturated carbocycles. The largest absolute Gasteiger partial charge is 0.497 e. The molecule has 0 aliphatic carbocycles. The molecule has 1 atom stereocenters. The van der Waals surface area contributed by atoms with Crippen molar-refractivity contribution in [2.24, 2.45) is 0 Å². The fraction of sp³-hybridized carbons (Fsp3) is 0.333. The van der Waals surface area contributed by atoms with E-state index < -0.39 is 0 Å². The van der Waals surface area contributed by atoms with Gasteiger partial charge in [-0.2, -0.15) is 0 Å². The van der Waals surface area contributed by atoms with Crippen LogP contribution in [0.5, 0.6) is 11.5 Å². The summed E-state index contributed by atoms with van der Waals surface area (Å²) >= 11 is 1.35. The molecule has 18 heavy (non-hydrogen) atoms. The van der Waals surface area contributed by atoms with Gasteiger partial charge in [0.1, 0.15) is 11.5 Å². The van der Waals surface area contributed by atoms with Gasteiger partial charge in [-0.1, -0.05) is 24.3 Å². The summed E-state index contributed by atoms with van der Waals surface area (Å²) in [6.45, 7) is 2.03. The minimum atomic E-state index is -0.132. The van der Waals surface area contributed by atoms with E-state index in [0.29, 0.717) is 5.13 Å². The van der Waals surface area contributed by atoms with Gasteiger partial charge in [0, 0.05) is 6.07 Å². The van der Waals surface area contributed by atoms with Gasteiger partial charge in [0.2, 0.25) is 5.13 Å². The maximum Gasteiger partial charge on any atom is 0.203 e. The zero-order valence-corrected chi connectivity index (χ0v) is 11.1. The summed E-state index contributed by atoms with van der Waals surface area (Å²) in [6.07, 6.45) is 0.665. The normalized spacial score (nSPS) is 12.1. The standard InChI is InChI=1S/C12H15N3O2S/c1-3-10(11-14-15-12(13)18-11)17-9-6-4-5-8(7-9)16-2/h4-7,10H,3H2,1-2H3,(H2,13,15). The second-order valence-electron chi connectivity index (χ2n) is 3.67. The third-order valence-corrected chi connectivity index (χ3v) is 3.27. The Morgan fingerprint density at radius 3 is 2.72 bits per heavy atom. The molecule has 0 fully saturated rings. The Bertz CT molecular complexity index is 516. The van der Waals surface area contributed by atoms with Crippen molar-refractivity contribution in [3.63, 3.8) is 0 Å². The Labute approximate surface area is 110 Å². The van der Waals surface area contributed by atoms with Crippen LogP contribution in [0.25, 0.3) is 0 Å². The van der Waals surface area contributed by atoms with Crippen LogP contribution in [0.2, 0.25) is 0 Å². The number of aromatic nitrogens is 2. The van der Waals surface area contributed by atoms with Crippen molar-refractivity contribution in [3.8, 4) is 11.5 Å². The van der Waals surface area contributed by atoms with Crippen molar-refractivity contribution < 1.29 is 9.47 Å². The summed E-state index contributed by atoms with van der Waals surface area (Å²) in [6, 6.07) is 7.48. The van der Waals surface area contributed by atoms with E-state index in [-0.39, 0.29) is 6.10 Å². The van der Waals surface area contributed by atoms with Crippen LogP contribution < -0.4 is 15.2 Å². The number of hydrogen-bond donors (Lipinski definition) is 1. The molecule has 1 aromatic carbocycles. The fourth-order valence-electron chi connectivity index (χ4n) is 1.52. The van der Waals surface area contributed by atoms with E-state index in [4.69, 9.17) is 15.2 Å². The lowest BCUT2D eigenvalue weighted by molar-refractivity contribution is 0.199. The van der Waals surface area contributed by atoms with Crippen LogP contribution in [-0.2, 0) is 0 Å². The van der Waals surface area contributed by atoms with E-state index in [0.717, 1.165) is 22.9 Å². The van der Waals surface area contributed by atoms with Gasteiger partial charge in [0.05, 0.1) is 7.11 Å². The van der Waals surface area contributed by atoms with Crippen molar-refractivity contribution in [3.05, 3.63) is 29.3 Å². The molecule has 1 unspecified atom stereocenters. The minimum absolute atomic E-state index is 0.132. The number of nitrogen functional groups attached to an aromatic ring is 1. The van der Waals surface area contributed by atoms with Crippen LogP contribution in [0.15, 0.2) is 24.3 Å². The molecule has 0 aliphatic heterocycles. The van der Waals surface area contributed by atoms with Crippen LogP contribution >= 0.6 is 11.3 Å². The van der Waals surface area contributed by atoms with Crippen LogP contribution in [0, 0.1) is 0 Å². The summed E-state index contributed by atoms with van der Waals surface area (Å²) in [5, 5.41) is 9.06. The van der Waals surface area contributed by atoms with Gasteiger partial charge >= 0.3 is 0 Å². The van der Waals surface area contributed by atoms with Crippen LogP contribution in [-0.4, -0.2) is 17.3 Å². The van der Waals surface area contributed by atoms with E-state index in [9.17, 15) is 0 Å². The number of ether oxygens (including phenoxy) is 2. The minimum Gasteiger partial charge on any atom is -0.497 e. The van der Waals surface area contributed by atoms with E-state index in [2.05, 4.69) is 10.2 Å². The van der Waals surface area contributed by atoms with E-state index in [1.807, 2.05) is 31.2 Å². The first-order valence-corrected chi connectivity index (χ1v) is 6.44. The highest BCUT2D eigenvalue weighted by Crippen LogP contribution is 2.29. The lowest BCUT2D eigenvalue weighted by atomic mass is 10.2. The number of benzene rings is 1. The van der Waals surface area contributed by atoms with Gasteiger partial charge in [0.15, 0.2) is 11.1 Å². The molecule has 6 heteroatoms. The molecule has 0 bridgehead atoms. The van der Waals surface area contributed by atoms with Crippen LogP contribution in [0.1, 0.15) is 24.5 Å². The summed E-state index contributed by atoms with van der Waals surface area (Å²) in [7, 11) is 1.63. The smallest absolute Gasteiger partial charge is 0.203 e. The molecule has 0 saturated heterocycles. The van der Waals surface area contributed by atoms with Crippen molar-refractivity contribution >= 4 is 16.5 Å². The first kappa shape index (κ1) is 12.6. The van der Waals surface area contributed by atoms with Gasteiger partial charge in [-0.25, -0.2) is 0 Å². The van der Waals surface area contributed by atoms with Crippen molar-refractivity contribution in [2.45, 2.75) is 19.4 Å². The molecule has 2 rings (SSSR count). The third kappa shape index (κ3) is 2.89. The summed E-state index contributed by atoms with van der Waals surface area (Å²) in [4.78, 5) is 0. The number of anilines is 1. The SMILES string of the molecule is CCC(Oc1cccc(OC)c1)c1nnc(N)s1. The highest BCUT2D eigenvalue weighted by molar-refractivity contribution is 7.15. The number of nitrogens with two attached hydrogens (primary N) is 1. The quantitative estimate of drug-likeness (QED) is 0.900. The lowest BCUT2D eigenvalue weighted by Gasteiger charge is -2.15. The molecule has 5 nitrogen and oxygen atoms in total. The van der Waals surface area contributed by atoms with Gasteiger partial charge in [-0.3, -0.25) is 0 Å². The first-order chi connectivity index (χ1) is 8.72. The molecule has 0 spiro atoms. The topological polar surface area (TPSA) is 70.3 Å². The predicted octanol–water partition coefficient (Wildman–Crippen LogP) is 2.66. The number of nitrogens with zero attached hydrogens (tertiary/aromatic N) is 2. The number of hydrogen-bond acceptors (Lipinski definition) is 6. The van der Waals surface area contributed by atoms with Gasteiger partial charge < -0.3 is 15.2 Å². The lowest BCUT2D eigenvalue weighted by Crippen LogP contribution is -2.06. The number of methoxy groups -OCH3 is 1. The maximum absolute atomic E-state index is 5.88. The van der Waals surface area contributed by atoms with Crippen molar-refractivity contribution in [1.82, 2.24) is 10.2 Å². The van der Waals surface area contributed by atoms with E-state index in [1.165, 1.54) is 11.3 Å². The summed E-state index contributed by atoms with van der Waals surface area (Å²) in [5.74, 6) is 1.51. The molecule has 96 valence electrons. The summed E-state index contributed by atoms with van der Waals surface area (Å²) < 4.78 is 11.0. The Morgan fingerprint density at radius 1 is 1.33 bits per heavy atom. The highest BCUT2D eigenvalue weighted by Gasteiger charge is 2.16. The molecule has 0 amide bonds. The Balaban J connectivity index is 2.14. The molecular weight excluding hydrogens is 250 g/mol. The van der Waals surface area contributed by atoms with Gasteiger partial charge in [-0.05, 0) is 18.6 Å². The Morgan fingerprint density at radius 2 is 2.11 bits per heavy atom. The monoisotopic (exact) mass is 265 g/mol. The molecule has 0 radical (unpaired) electrons. The molecule has 1 heterocycles. The average Bonchev–Trinajstić information content (AvgIpc) is 2.82. The van der Waals surface area contributed by atoms with E-state index in [1.54, 1.807) is 7.11 Å².